The zero-order valence-corrected chi connectivity index (χ0v) is 9.26. The molecule has 0 aromatic carbocycles. The van der Waals surface area contributed by atoms with Gasteiger partial charge in [0, 0.05) is 15.9 Å². The Bertz CT molecular complexity index is 201. The van der Waals surface area contributed by atoms with Crippen molar-refractivity contribution >= 4 is 28.5 Å². The van der Waals surface area contributed by atoms with Gasteiger partial charge in [0.15, 0.2) is 0 Å². The van der Waals surface area contributed by atoms with Crippen LogP contribution >= 0.6 is 22.6 Å². The van der Waals surface area contributed by atoms with Gasteiger partial charge in [0.1, 0.15) is 0 Å². The number of carbonyl (C=O) groups is 1. The van der Waals surface area contributed by atoms with Crippen LogP contribution in [0.2, 0.25) is 0 Å². The number of hydrogen-bond donors (Lipinski definition) is 1. The molecular weight excluding hydrogens is 265 g/mol. The number of amides is 1. The lowest BCUT2D eigenvalue weighted by Crippen LogP contribution is -2.58. The van der Waals surface area contributed by atoms with Gasteiger partial charge in [-0.3, -0.25) is 4.79 Å². The van der Waals surface area contributed by atoms with Gasteiger partial charge >= 0.3 is 0 Å². The molecule has 0 aromatic heterocycles. The maximum atomic E-state index is 11.5. The highest BCUT2D eigenvalue weighted by Gasteiger charge is 2.42. The van der Waals surface area contributed by atoms with Crippen LogP contribution in [0.5, 0.6) is 0 Å². The first-order valence-corrected chi connectivity index (χ1v) is 6.16. The maximum absolute atomic E-state index is 11.5. The van der Waals surface area contributed by atoms with E-state index in [0.717, 1.165) is 10.8 Å². The number of hydrogen-bond acceptors (Lipinski definition) is 1. The second-order valence-electron chi connectivity index (χ2n) is 4.01. The van der Waals surface area contributed by atoms with Gasteiger partial charge in [-0.2, -0.15) is 0 Å². The van der Waals surface area contributed by atoms with Crippen LogP contribution < -0.4 is 5.32 Å². The number of halogens is 1. The molecule has 2 nitrogen and oxygen atoms in total. The molecule has 12 heavy (non-hydrogen) atoms. The van der Waals surface area contributed by atoms with Crippen molar-refractivity contribution in [1.29, 1.82) is 0 Å². The summed E-state index contributed by atoms with van der Waals surface area (Å²) in [5.41, 5.74) is 0.249. The summed E-state index contributed by atoms with van der Waals surface area (Å²) < 4.78 is 0.972. The zero-order valence-electron chi connectivity index (χ0n) is 7.11. The van der Waals surface area contributed by atoms with Gasteiger partial charge in [-0.25, -0.2) is 0 Å². The number of nitrogens with one attached hydrogen (secondary N) is 1. The van der Waals surface area contributed by atoms with Crippen LogP contribution in [0.3, 0.4) is 0 Å². The predicted octanol–water partition coefficient (Wildman–Crippen LogP) is 1.87. The Hall–Kier alpha value is 0.200. The summed E-state index contributed by atoms with van der Waals surface area (Å²) in [6.07, 6.45) is 6.05. The number of alkyl halides is 1. The lowest BCUT2D eigenvalue weighted by atomic mass is 9.70. The van der Waals surface area contributed by atoms with E-state index in [1.807, 2.05) is 0 Å². The van der Waals surface area contributed by atoms with Gasteiger partial charge in [0.2, 0.25) is 5.91 Å². The third kappa shape index (κ3) is 1.36. The summed E-state index contributed by atoms with van der Waals surface area (Å²) in [5, 5.41) is 3.19. The summed E-state index contributed by atoms with van der Waals surface area (Å²) >= 11 is 2.30. The normalized spacial score (nSPS) is 32.8. The molecule has 1 aliphatic carbocycles. The van der Waals surface area contributed by atoms with Crippen LogP contribution in [-0.2, 0) is 4.79 Å². The van der Waals surface area contributed by atoms with Gasteiger partial charge in [-0.05, 0) is 32.1 Å². The Morgan fingerprint density at radius 2 is 2.25 bits per heavy atom. The second-order valence-corrected chi connectivity index (χ2v) is 4.89. The van der Waals surface area contributed by atoms with Crippen molar-refractivity contribution in [2.24, 2.45) is 5.92 Å². The fraction of sp³-hybridized carbons (Fsp3) is 0.889. The monoisotopic (exact) mass is 279 g/mol. The minimum absolute atomic E-state index is 0.249. The molecule has 1 heterocycles. The molecule has 1 amide bonds. The molecule has 1 atom stereocenters. The van der Waals surface area contributed by atoms with E-state index in [4.69, 9.17) is 0 Å². The molecule has 1 N–H and O–H groups in total. The average Bonchev–Trinajstić information content (AvgIpc) is 2.01. The molecule has 1 saturated heterocycles. The van der Waals surface area contributed by atoms with Crippen molar-refractivity contribution in [2.45, 2.75) is 37.6 Å². The third-order valence-electron chi connectivity index (χ3n) is 3.23. The van der Waals surface area contributed by atoms with Crippen LogP contribution in [-0.4, -0.2) is 15.9 Å². The molecule has 2 rings (SSSR count). The van der Waals surface area contributed by atoms with Crippen molar-refractivity contribution in [3.8, 4) is 0 Å². The quantitative estimate of drug-likeness (QED) is 0.576. The van der Waals surface area contributed by atoms with Crippen LogP contribution in [0.15, 0.2) is 0 Å². The van der Waals surface area contributed by atoms with Gasteiger partial charge in [-0.15, -0.1) is 0 Å². The fourth-order valence-corrected chi connectivity index (χ4v) is 2.97. The minimum Gasteiger partial charge on any atom is -0.350 e. The predicted molar refractivity (Wildman–Crippen MR) is 56.3 cm³/mol. The zero-order chi connectivity index (χ0) is 8.60. The van der Waals surface area contributed by atoms with E-state index in [-0.39, 0.29) is 11.5 Å². The summed E-state index contributed by atoms with van der Waals surface area (Å²) in [6, 6.07) is 0. The number of carbonyl (C=O) groups excluding carboxylic acids is 1. The van der Waals surface area contributed by atoms with Gasteiger partial charge in [0.25, 0.3) is 0 Å². The van der Waals surface area contributed by atoms with Crippen molar-refractivity contribution in [1.82, 2.24) is 5.32 Å². The van der Waals surface area contributed by atoms with Crippen LogP contribution in [0.25, 0.3) is 0 Å². The van der Waals surface area contributed by atoms with E-state index >= 15 is 0 Å². The van der Waals surface area contributed by atoms with E-state index in [9.17, 15) is 4.79 Å². The van der Waals surface area contributed by atoms with Crippen molar-refractivity contribution in [2.75, 3.05) is 4.43 Å². The molecule has 1 aliphatic heterocycles. The highest BCUT2D eigenvalue weighted by Crippen LogP contribution is 2.39. The minimum atomic E-state index is 0.249. The summed E-state index contributed by atoms with van der Waals surface area (Å²) in [4.78, 5) is 11.5. The molecule has 3 heteroatoms. The molecule has 0 radical (unpaired) electrons. The largest absolute Gasteiger partial charge is 0.350 e. The van der Waals surface area contributed by atoms with E-state index in [1.165, 1.54) is 25.7 Å². The lowest BCUT2D eigenvalue weighted by Gasteiger charge is -2.47. The Balaban J connectivity index is 1.98. The Morgan fingerprint density at radius 1 is 1.50 bits per heavy atom. The molecule has 1 saturated carbocycles. The standard InChI is InChI=1S/C9H14INO/c10-6-7-2-5-9(3-1-4-9)11-8(7)12/h7H,1-6H2,(H,11,12). The topological polar surface area (TPSA) is 29.1 Å². The van der Waals surface area contributed by atoms with Gasteiger partial charge in [-0.1, -0.05) is 22.6 Å². The van der Waals surface area contributed by atoms with Gasteiger partial charge in [0.05, 0.1) is 0 Å². The first kappa shape index (κ1) is 8.78. The average molecular weight is 279 g/mol. The molecule has 1 spiro atoms. The van der Waals surface area contributed by atoms with E-state index in [2.05, 4.69) is 27.9 Å². The Morgan fingerprint density at radius 3 is 2.67 bits per heavy atom. The smallest absolute Gasteiger partial charge is 0.224 e. The van der Waals surface area contributed by atoms with E-state index in [1.54, 1.807) is 0 Å². The Kier molecular flexibility index (Phi) is 2.31. The molecular formula is C9H14INO. The van der Waals surface area contributed by atoms with Crippen molar-refractivity contribution in [3.63, 3.8) is 0 Å². The maximum Gasteiger partial charge on any atom is 0.224 e. The third-order valence-corrected chi connectivity index (χ3v) is 4.29. The summed E-state index contributed by atoms with van der Waals surface area (Å²) in [6.45, 7) is 0. The Labute approximate surface area is 86.6 Å². The molecule has 68 valence electrons. The molecule has 0 aromatic rings. The van der Waals surface area contributed by atoms with Crippen LogP contribution in [0, 0.1) is 5.92 Å². The molecule has 2 aliphatic rings. The van der Waals surface area contributed by atoms with Gasteiger partial charge < -0.3 is 5.32 Å². The highest BCUT2D eigenvalue weighted by molar-refractivity contribution is 14.1. The van der Waals surface area contributed by atoms with Crippen LogP contribution in [0.4, 0.5) is 0 Å². The molecule has 2 fully saturated rings. The van der Waals surface area contributed by atoms with Crippen LogP contribution in [0.1, 0.15) is 32.1 Å². The summed E-state index contributed by atoms with van der Waals surface area (Å²) in [5.74, 6) is 0.590. The fourth-order valence-electron chi connectivity index (χ4n) is 2.13. The first-order valence-electron chi connectivity index (χ1n) is 4.64. The molecule has 0 bridgehead atoms. The van der Waals surface area contributed by atoms with E-state index in [0.29, 0.717) is 5.91 Å². The number of piperidine rings is 1. The summed E-state index contributed by atoms with van der Waals surface area (Å²) in [7, 11) is 0. The SMILES string of the molecule is O=C1NC2(CCC2)CCC1CI. The first-order chi connectivity index (χ1) is 5.76. The van der Waals surface area contributed by atoms with E-state index < -0.39 is 0 Å². The lowest BCUT2D eigenvalue weighted by molar-refractivity contribution is -0.130. The number of rotatable bonds is 1. The highest BCUT2D eigenvalue weighted by atomic mass is 127. The second kappa shape index (κ2) is 3.16. The molecule has 1 unspecified atom stereocenters. The van der Waals surface area contributed by atoms with Crippen molar-refractivity contribution in [3.05, 3.63) is 0 Å². The van der Waals surface area contributed by atoms with Crippen molar-refractivity contribution < 1.29 is 4.79 Å².